The fourth-order valence-corrected chi connectivity index (χ4v) is 1.54. The summed E-state index contributed by atoms with van der Waals surface area (Å²) in [6, 6.07) is 0.253. The summed E-state index contributed by atoms with van der Waals surface area (Å²) in [7, 11) is 1.61. The molecule has 88 valence electrons. The minimum Gasteiger partial charge on any atom is -0.382 e. The molecule has 1 amide bonds. The Morgan fingerprint density at radius 3 is 2.67 bits per heavy atom. The van der Waals surface area contributed by atoms with Gasteiger partial charge >= 0.3 is 0 Å². The van der Waals surface area contributed by atoms with Crippen LogP contribution in [0, 0.1) is 0 Å². The minimum absolute atomic E-state index is 0.0537. The van der Waals surface area contributed by atoms with Crippen molar-refractivity contribution in [3.8, 4) is 0 Å². The number of methoxy groups -OCH3 is 1. The van der Waals surface area contributed by atoms with E-state index in [-0.39, 0.29) is 18.6 Å². The molecular weight excluding hydrogens is 196 g/mol. The molecule has 5 heteroatoms. The molecular formula is C10H20N2O3. The lowest BCUT2D eigenvalue weighted by atomic mass is 10.1. The number of carbonyl (C=O) groups is 1. The molecule has 0 radical (unpaired) electrons. The van der Waals surface area contributed by atoms with Gasteiger partial charge in [0, 0.05) is 26.2 Å². The molecule has 0 aliphatic carbocycles. The Hall–Kier alpha value is -0.650. The molecule has 0 aromatic heterocycles. The molecule has 2 N–H and O–H groups in total. The summed E-state index contributed by atoms with van der Waals surface area (Å²) in [5.74, 6) is 0.0537. The van der Waals surface area contributed by atoms with E-state index in [1.807, 2.05) is 4.90 Å². The van der Waals surface area contributed by atoms with E-state index in [0.717, 1.165) is 25.9 Å². The number of ether oxygens (including phenoxy) is 2. The Labute approximate surface area is 90.5 Å². The summed E-state index contributed by atoms with van der Waals surface area (Å²) >= 11 is 0. The van der Waals surface area contributed by atoms with Crippen molar-refractivity contribution in [3.05, 3.63) is 0 Å². The molecule has 0 atom stereocenters. The van der Waals surface area contributed by atoms with Gasteiger partial charge in [-0.1, -0.05) is 0 Å². The maximum atomic E-state index is 11.6. The van der Waals surface area contributed by atoms with Crippen LogP contribution in [0.5, 0.6) is 0 Å². The standard InChI is InChI=1S/C10H20N2O3/c1-14-6-7-15-8-10(13)12-4-2-9(11)3-5-12/h9H,2-8,11H2,1H3. The quantitative estimate of drug-likeness (QED) is 0.635. The fraction of sp³-hybridized carbons (Fsp3) is 0.900. The minimum atomic E-state index is 0.0537. The molecule has 5 nitrogen and oxygen atoms in total. The van der Waals surface area contributed by atoms with Crippen LogP contribution in [-0.4, -0.2) is 56.9 Å². The second kappa shape index (κ2) is 6.76. The summed E-state index contributed by atoms with van der Waals surface area (Å²) in [5.41, 5.74) is 5.75. The highest BCUT2D eigenvalue weighted by Gasteiger charge is 2.20. The predicted octanol–water partition coefficient (Wildman–Crippen LogP) is -0.401. The van der Waals surface area contributed by atoms with Crippen LogP contribution in [0.15, 0.2) is 0 Å². The Balaban J connectivity index is 2.11. The van der Waals surface area contributed by atoms with Gasteiger partial charge < -0.3 is 20.1 Å². The molecule has 0 spiro atoms. The normalized spacial score (nSPS) is 18.1. The largest absolute Gasteiger partial charge is 0.382 e. The molecule has 1 saturated heterocycles. The zero-order valence-corrected chi connectivity index (χ0v) is 9.28. The van der Waals surface area contributed by atoms with Gasteiger partial charge in [0.2, 0.25) is 5.91 Å². The Morgan fingerprint density at radius 2 is 2.07 bits per heavy atom. The van der Waals surface area contributed by atoms with Crippen molar-refractivity contribution < 1.29 is 14.3 Å². The highest BCUT2D eigenvalue weighted by molar-refractivity contribution is 5.77. The van der Waals surface area contributed by atoms with Gasteiger partial charge in [-0.3, -0.25) is 4.79 Å². The SMILES string of the molecule is COCCOCC(=O)N1CCC(N)CC1. The lowest BCUT2D eigenvalue weighted by Crippen LogP contribution is -2.44. The third kappa shape index (κ3) is 4.59. The number of rotatable bonds is 5. The van der Waals surface area contributed by atoms with Crippen LogP contribution in [0.25, 0.3) is 0 Å². The van der Waals surface area contributed by atoms with Crippen LogP contribution in [0.4, 0.5) is 0 Å². The van der Waals surface area contributed by atoms with Crippen LogP contribution in [0.3, 0.4) is 0 Å². The Kier molecular flexibility index (Phi) is 5.60. The van der Waals surface area contributed by atoms with Gasteiger partial charge in [-0.05, 0) is 12.8 Å². The van der Waals surface area contributed by atoms with Gasteiger partial charge in [-0.25, -0.2) is 0 Å². The number of amides is 1. The van der Waals surface area contributed by atoms with Gasteiger partial charge in [0.05, 0.1) is 13.2 Å². The molecule has 0 bridgehead atoms. The first kappa shape index (κ1) is 12.4. The van der Waals surface area contributed by atoms with E-state index in [4.69, 9.17) is 15.2 Å². The third-order valence-electron chi connectivity index (χ3n) is 2.55. The maximum absolute atomic E-state index is 11.6. The summed E-state index contributed by atoms with van der Waals surface area (Å²) < 4.78 is 9.99. The van der Waals surface area contributed by atoms with Crippen LogP contribution >= 0.6 is 0 Å². The van der Waals surface area contributed by atoms with Crippen LogP contribution < -0.4 is 5.73 Å². The first-order valence-corrected chi connectivity index (χ1v) is 5.34. The van der Waals surface area contributed by atoms with Crippen molar-refractivity contribution in [1.29, 1.82) is 0 Å². The zero-order valence-electron chi connectivity index (χ0n) is 9.28. The highest BCUT2D eigenvalue weighted by Crippen LogP contribution is 2.08. The second-order valence-corrected chi connectivity index (χ2v) is 3.76. The monoisotopic (exact) mass is 216 g/mol. The molecule has 0 unspecified atom stereocenters. The van der Waals surface area contributed by atoms with Crippen LogP contribution in [0.2, 0.25) is 0 Å². The van der Waals surface area contributed by atoms with E-state index >= 15 is 0 Å². The summed E-state index contributed by atoms with van der Waals surface area (Å²) in [4.78, 5) is 13.4. The first-order chi connectivity index (χ1) is 7.24. The molecule has 1 heterocycles. The average molecular weight is 216 g/mol. The molecule has 1 aliphatic rings. The van der Waals surface area contributed by atoms with Crippen molar-refractivity contribution in [1.82, 2.24) is 4.90 Å². The van der Waals surface area contributed by atoms with Crippen molar-refractivity contribution in [2.45, 2.75) is 18.9 Å². The molecule has 1 aliphatic heterocycles. The lowest BCUT2D eigenvalue weighted by Gasteiger charge is -2.30. The molecule has 1 rings (SSSR count). The van der Waals surface area contributed by atoms with Crippen molar-refractivity contribution in [2.75, 3.05) is 40.0 Å². The van der Waals surface area contributed by atoms with Crippen molar-refractivity contribution >= 4 is 5.91 Å². The summed E-state index contributed by atoms with van der Waals surface area (Å²) in [6.07, 6.45) is 1.79. The second-order valence-electron chi connectivity index (χ2n) is 3.76. The van der Waals surface area contributed by atoms with Gasteiger partial charge in [-0.15, -0.1) is 0 Å². The number of likely N-dealkylation sites (tertiary alicyclic amines) is 1. The van der Waals surface area contributed by atoms with E-state index in [2.05, 4.69) is 0 Å². The number of piperidine rings is 1. The predicted molar refractivity (Wildman–Crippen MR) is 56.5 cm³/mol. The molecule has 0 aromatic carbocycles. The van der Waals surface area contributed by atoms with E-state index in [1.54, 1.807) is 7.11 Å². The number of nitrogens with two attached hydrogens (primary N) is 1. The molecule has 0 saturated carbocycles. The van der Waals surface area contributed by atoms with Crippen molar-refractivity contribution in [2.24, 2.45) is 5.73 Å². The number of hydrogen-bond acceptors (Lipinski definition) is 4. The van der Waals surface area contributed by atoms with Gasteiger partial charge in [0.15, 0.2) is 0 Å². The topological polar surface area (TPSA) is 64.8 Å². The van der Waals surface area contributed by atoms with E-state index in [1.165, 1.54) is 0 Å². The van der Waals surface area contributed by atoms with Gasteiger partial charge in [0.1, 0.15) is 6.61 Å². The van der Waals surface area contributed by atoms with E-state index in [9.17, 15) is 4.79 Å². The third-order valence-corrected chi connectivity index (χ3v) is 2.55. The fourth-order valence-electron chi connectivity index (χ4n) is 1.54. The first-order valence-electron chi connectivity index (χ1n) is 5.34. The molecule has 1 fully saturated rings. The molecule has 0 aromatic rings. The summed E-state index contributed by atoms with van der Waals surface area (Å²) in [6.45, 7) is 2.66. The number of hydrogen-bond donors (Lipinski definition) is 1. The Bertz CT molecular complexity index is 191. The maximum Gasteiger partial charge on any atom is 0.248 e. The number of carbonyl (C=O) groups excluding carboxylic acids is 1. The smallest absolute Gasteiger partial charge is 0.248 e. The number of nitrogens with zero attached hydrogens (tertiary/aromatic N) is 1. The Morgan fingerprint density at radius 1 is 1.40 bits per heavy atom. The van der Waals surface area contributed by atoms with Crippen LogP contribution in [0.1, 0.15) is 12.8 Å². The molecule has 15 heavy (non-hydrogen) atoms. The van der Waals surface area contributed by atoms with Crippen LogP contribution in [-0.2, 0) is 14.3 Å². The van der Waals surface area contributed by atoms with Gasteiger partial charge in [0.25, 0.3) is 0 Å². The van der Waals surface area contributed by atoms with Crippen molar-refractivity contribution in [3.63, 3.8) is 0 Å². The zero-order chi connectivity index (χ0) is 11.1. The van der Waals surface area contributed by atoms with E-state index in [0.29, 0.717) is 13.2 Å². The summed E-state index contributed by atoms with van der Waals surface area (Å²) in [5, 5.41) is 0. The highest BCUT2D eigenvalue weighted by atomic mass is 16.5. The lowest BCUT2D eigenvalue weighted by molar-refractivity contribution is -0.137. The average Bonchev–Trinajstić information content (AvgIpc) is 2.25. The van der Waals surface area contributed by atoms with E-state index < -0.39 is 0 Å². The van der Waals surface area contributed by atoms with Gasteiger partial charge in [-0.2, -0.15) is 0 Å².